The number of carbonyl (C=O) groups excluding carboxylic acids is 1. The number of aliphatic imine (C=N–C) groups is 1. The number of ether oxygens (including phenoxy) is 1. The maximum absolute atomic E-state index is 13.5. The van der Waals surface area contributed by atoms with Gasteiger partial charge in [-0.1, -0.05) is 12.1 Å². The smallest absolute Gasteiger partial charge is 0.258 e. The van der Waals surface area contributed by atoms with Crippen molar-refractivity contribution in [3.05, 3.63) is 89.8 Å². The maximum Gasteiger partial charge on any atom is 0.258 e. The van der Waals surface area contributed by atoms with Gasteiger partial charge in [-0.2, -0.15) is 0 Å². The second kappa shape index (κ2) is 9.41. The number of nitrogens with one attached hydrogen (secondary N) is 2. The second-order valence-electron chi connectivity index (χ2n) is 5.96. The van der Waals surface area contributed by atoms with E-state index in [0.717, 1.165) is 18.2 Å². The van der Waals surface area contributed by atoms with Gasteiger partial charge in [0, 0.05) is 23.5 Å². The second-order valence-corrected chi connectivity index (χ2v) is 5.96. The number of amides is 1. The van der Waals surface area contributed by atoms with E-state index in [1.165, 1.54) is 7.11 Å². The molecule has 0 aliphatic heterocycles. The van der Waals surface area contributed by atoms with Crippen LogP contribution in [-0.4, -0.2) is 24.0 Å². The van der Waals surface area contributed by atoms with E-state index in [9.17, 15) is 13.6 Å². The molecular formula is C21H18F2N4O2. The number of aromatic nitrogens is 1. The molecule has 6 nitrogen and oxygen atoms in total. The first-order chi connectivity index (χ1) is 14.0. The number of hydrogen-bond acceptors (Lipinski definition) is 4. The number of pyridine rings is 1. The number of anilines is 1. The van der Waals surface area contributed by atoms with Crippen LogP contribution in [0.25, 0.3) is 0 Å². The standard InChI is InChI=1S/C21H18F2N4O2/c1-29-19-7-4-5-14(9-19)20(28)27-21(25-13-17-6-2-3-8-24-17)26-18-11-15(22)10-16(23)12-18/h2-12H,13H2,1H3,(H2,25,26,27,28). The summed E-state index contributed by atoms with van der Waals surface area (Å²) in [5.74, 6) is -1.43. The predicted octanol–water partition coefficient (Wildman–Crippen LogP) is 3.77. The van der Waals surface area contributed by atoms with Crippen LogP contribution in [0.15, 0.2) is 71.9 Å². The van der Waals surface area contributed by atoms with Crippen LogP contribution in [-0.2, 0) is 6.54 Å². The Balaban J connectivity index is 1.83. The Labute approximate surface area is 166 Å². The van der Waals surface area contributed by atoms with E-state index >= 15 is 0 Å². The van der Waals surface area contributed by atoms with Crippen LogP contribution in [0.3, 0.4) is 0 Å². The van der Waals surface area contributed by atoms with E-state index in [2.05, 4.69) is 20.6 Å². The molecule has 0 spiro atoms. The molecule has 1 amide bonds. The molecule has 2 N–H and O–H groups in total. The first-order valence-electron chi connectivity index (χ1n) is 8.66. The minimum atomic E-state index is -0.754. The summed E-state index contributed by atoms with van der Waals surface area (Å²) in [6.07, 6.45) is 1.62. The highest BCUT2D eigenvalue weighted by Gasteiger charge is 2.11. The lowest BCUT2D eigenvalue weighted by atomic mass is 10.2. The van der Waals surface area contributed by atoms with Gasteiger partial charge in [-0.3, -0.25) is 15.1 Å². The van der Waals surface area contributed by atoms with Crippen LogP contribution < -0.4 is 15.4 Å². The molecule has 0 aliphatic rings. The van der Waals surface area contributed by atoms with Gasteiger partial charge in [0.2, 0.25) is 5.96 Å². The van der Waals surface area contributed by atoms with Crippen LogP contribution in [0, 0.1) is 11.6 Å². The third kappa shape index (κ3) is 5.83. The zero-order chi connectivity index (χ0) is 20.6. The molecule has 29 heavy (non-hydrogen) atoms. The Hall–Kier alpha value is -3.81. The van der Waals surface area contributed by atoms with E-state index in [0.29, 0.717) is 17.0 Å². The lowest BCUT2D eigenvalue weighted by Crippen LogP contribution is -2.36. The zero-order valence-electron chi connectivity index (χ0n) is 15.5. The summed E-state index contributed by atoms with van der Waals surface area (Å²) in [7, 11) is 1.50. The van der Waals surface area contributed by atoms with Crippen LogP contribution in [0.4, 0.5) is 14.5 Å². The molecule has 8 heteroatoms. The zero-order valence-corrected chi connectivity index (χ0v) is 15.5. The first-order valence-corrected chi connectivity index (χ1v) is 8.66. The number of hydrogen-bond donors (Lipinski definition) is 2. The molecule has 0 radical (unpaired) electrons. The molecule has 3 aromatic rings. The van der Waals surface area contributed by atoms with Crippen molar-refractivity contribution < 1.29 is 18.3 Å². The molecule has 0 atom stereocenters. The summed E-state index contributed by atoms with van der Waals surface area (Å²) in [6, 6.07) is 14.8. The van der Waals surface area contributed by atoms with Gasteiger partial charge in [-0.25, -0.2) is 13.8 Å². The van der Waals surface area contributed by atoms with Gasteiger partial charge in [0.15, 0.2) is 0 Å². The molecule has 0 fully saturated rings. The molecule has 3 rings (SSSR count). The average molecular weight is 396 g/mol. The minimum absolute atomic E-state index is 0.0217. The van der Waals surface area contributed by atoms with Gasteiger partial charge in [-0.15, -0.1) is 0 Å². The highest BCUT2D eigenvalue weighted by atomic mass is 19.1. The maximum atomic E-state index is 13.5. The van der Waals surface area contributed by atoms with Gasteiger partial charge in [0.1, 0.15) is 17.4 Å². The largest absolute Gasteiger partial charge is 0.497 e. The third-order valence-electron chi connectivity index (χ3n) is 3.81. The van der Waals surface area contributed by atoms with Gasteiger partial charge in [-0.05, 0) is 42.5 Å². The van der Waals surface area contributed by atoms with Gasteiger partial charge < -0.3 is 10.1 Å². The van der Waals surface area contributed by atoms with Crippen LogP contribution in [0.5, 0.6) is 5.75 Å². The monoisotopic (exact) mass is 396 g/mol. The van der Waals surface area contributed by atoms with Crippen LogP contribution >= 0.6 is 0 Å². The van der Waals surface area contributed by atoms with E-state index in [1.807, 2.05) is 6.07 Å². The SMILES string of the molecule is COc1cccc(C(=O)NC(=NCc2ccccn2)Nc2cc(F)cc(F)c2)c1. The molecule has 0 saturated carbocycles. The fraction of sp³-hybridized carbons (Fsp3) is 0.0952. The minimum Gasteiger partial charge on any atom is -0.497 e. The number of nitrogens with zero attached hydrogens (tertiary/aromatic N) is 2. The van der Waals surface area contributed by atoms with Crippen molar-refractivity contribution >= 4 is 17.6 Å². The summed E-state index contributed by atoms with van der Waals surface area (Å²) < 4.78 is 32.1. The van der Waals surface area contributed by atoms with Crippen molar-refractivity contribution in [1.29, 1.82) is 0 Å². The van der Waals surface area contributed by atoms with E-state index in [1.54, 1.807) is 42.6 Å². The number of halogens is 2. The van der Waals surface area contributed by atoms with Crippen LogP contribution in [0.1, 0.15) is 16.1 Å². The summed E-state index contributed by atoms with van der Waals surface area (Å²) in [5.41, 5.74) is 1.10. The molecule has 0 bridgehead atoms. The lowest BCUT2D eigenvalue weighted by Gasteiger charge is -2.12. The summed E-state index contributed by atoms with van der Waals surface area (Å²) in [5, 5.41) is 5.35. The molecule has 148 valence electrons. The molecule has 0 aliphatic carbocycles. The number of carbonyl (C=O) groups is 1. The van der Waals surface area contributed by atoms with Crippen molar-refractivity contribution in [3.63, 3.8) is 0 Å². The molecular weight excluding hydrogens is 378 g/mol. The topological polar surface area (TPSA) is 75.6 Å². The van der Waals surface area contributed by atoms with Crippen LogP contribution in [0.2, 0.25) is 0 Å². The normalized spacial score (nSPS) is 11.1. The van der Waals surface area contributed by atoms with Crippen molar-refractivity contribution in [3.8, 4) is 5.75 Å². The fourth-order valence-corrected chi connectivity index (χ4v) is 2.47. The van der Waals surface area contributed by atoms with Crippen molar-refractivity contribution in [2.75, 3.05) is 12.4 Å². The Morgan fingerprint density at radius 3 is 2.55 bits per heavy atom. The number of benzene rings is 2. The molecule has 2 aromatic carbocycles. The molecule has 1 aromatic heterocycles. The van der Waals surface area contributed by atoms with Crippen molar-refractivity contribution in [1.82, 2.24) is 10.3 Å². The van der Waals surface area contributed by atoms with Crippen molar-refractivity contribution in [2.45, 2.75) is 6.54 Å². The first kappa shape index (κ1) is 19.9. The number of methoxy groups -OCH3 is 1. The molecule has 0 unspecified atom stereocenters. The fourth-order valence-electron chi connectivity index (χ4n) is 2.47. The average Bonchev–Trinajstić information content (AvgIpc) is 2.72. The van der Waals surface area contributed by atoms with E-state index in [-0.39, 0.29) is 18.2 Å². The van der Waals surface area contributed by atoms with Crippen molar-refractivity contribution in [2.24, 2.45) is 4.99 Å². The Morgan fingerprint density at radius 1 is 1.07 bits per heavy atom. The number of rotatable bonds is 5. The van der Waals surface area contributed by atoms with Gasteiger partial charge in [0.05, 0.1) is 19.3 Å². The highest BCUT2D eigenvalue weighted by molar-refractivity contribution is 6.10. The third-order valence-corrected chi connectivity index (χ3v) is 3.81. The lowest BCUT2D eigenvalue weighted by molar-refractivity contribution is 0.0976. The quantitative estimate of drug-likeness (QED) is 0.509. The molecule has 0 saturated heterocycles. The van der Waals surface area contributed by atoms with Gasteiger partial charge >= 0.3 is 0 Å². The highest BCUT2D eigenvalue weighted by Crippen LogP contribution is 2.14. The predicted molar refractivity (Wildman–Crippen MR) is 106 cm³/mol. The Kier molecular flexibility index (Phi) is 6.47. The number of guanidine groups is 1. The Bertz CT molecular complexity index is 1010. The summed E-state index contributed by atoms with van der Waals surface area (Å²) in [6.45, 7) is 0.152. The van der Waals surface area contributed by atoms with E-state index < -0.39 is 17.5 Å². The Morgan fingerprint density at radius 2 is 1.86 bits per heavy atom. The van der Waals surface area contributed by atoms with E-state index in [4.69, 9.17) is 4.74 Å². The molecule has 1 heterocycles. The van der Waals surface area contributed by atoms with Gasteiger partial charge in [0.25, 0.3) is 5.91 Å². The summed E-state index contributed by atoms with van der Waals surface area (Å²) in [4.78, 5) is 21.1. The summed E-state index contributed by atoms with van der Waals surface area (Å²) >= 11 is 0.